The number of carboxylic acids is 1. The first-order chi connectivity index (χ1) is 9.99. The molecule has 0 radical (unpaired) electrons. The normalized spacial score (nSPS) is 11.7. The minimum absolute atomic E-state index is 0.0206. The van der Waals surface area contributed by atoms with E-state index in [2.05, 4.69) is 31.3 Å². The van der Waals surface area contributed by atoms with Gasteiger partial charge in [-0.1, -0.05) is 11.3 Å². The molecular formula is C11H12N6O4. The molecule has 1 heterocycles. The maximum Gasteiger partial charge on any atom is 0.339 e. The first-order valence-electron chi connectivity index (χ1n) is 5.85. The largest absolute Gasteiger partial charge is 0.505 e. The van der Waals surface area contributed by atoms with Gasteiger partial charge >= 0.3 is 12.0 Å². The number of urea groups is 1. The zero-order valence-corrected chi connectivity index (χ0v) is 10.9. The third-order valence-corrected chi connectivity index (χ3v) is 2.61. The standard InChI is InChI=1S/C11H12N6O4/c1-5(9-14-16-17-15-9)12-11(21)13-7-4-2-3-6(8(7)18)10(19)20/h2-5,18H,1H3,(H,19,20)(H2,12,13,21)(H,14,15,16,17). The van der Waals surface area contributed by atoms with E-state index < -0.39 is 23.8 Å². The summed E-state index contributed by atoms with van der Waals surface area (Å²) >= 11 is 0. The van der Waals surface area contributed by atoms with E-state index in [-0.39, 0.29) is 17.1 Å². The maximum absolute atomic E-state index is 11.8. The second-order valence-corrected chi connectivity index (χ2v) is 4.10. The lowest BCUT2D eigenvalue weighted by atomic mass is 10.1. The number of phenols is 1. The van der Waals surface area contributed by atoms with Crippen molar-refractivity contribution in [3.8, 4) is 5.75 Å². The van der Waals surface area contributed by atoms with E-state index in [4.69, 9.17) is 5.11 Å². The molecule has 0 saturated heterocycles. The summed E-state index contributed by atoms with van der Waals surface area (Å²) in [5, 5.41) is 36.6. The molecule has 2 aromatic rings. The van der Waals surface area contributed by atoms with Crippen LogP contribution in [0.2, 0.25) is 0 Å². The molecule has 0 aliphatic rings. The number of hydrogen-bond acceptors (Lipinski definition) is 6. The van der Waals surface area contributed by atoms with Crippen LogP contribution in [0.1, 0.15) is 29.1 Å². The zero-order valence-electron chi connectivity index (χ0n) is 10.9. The van der Waals surface area contributed by atoms with Crippen LogP contribution >= 0.6 is 0 Å². The number of nitrogens with zero attached hydrogens (tertiary/aromatic N) is 3. The van der Waals surface area contributed by atoms with Crippen LogP contribution in [0, 0.1) is 0 Å². The number of tetrazole rings is 1. The van der Waals surface area contributed by atoms with E-state index in [1.165, 1.54) is 18.2 Å². The lowest BCUT2D eigenvalue weighted by molar-refractivity contribution is 0.0693. The van der Waals surface area contributed by atoms with Crippen molar-refractivity contribution >= 4 is 17.7 Å². The van der Waals surface area contributed by atoms with Gasteiger partial charge in [-0.2, -0.15) is 5.21 Å². The molecule has 10 heteroatoms. The molecule has 5 N–H and O–H groups in total. The highest BCUT2D eigenvalue weighted by Crippen LogP contribution is 2.27. The van der Waals surface area contributed by atoms with Gasteiger partial charge in [0.25, 0.3) is 0 Å². The van der Waals surface area contributed by atoms with E-state index in [0.29, 0.717) is 0 Å². The van der Waals surface area contributed by atoms with E-state index in [1.807, 2.05) is 0 Å². The molecule has 0 aliphatic heterocycles. The van der Waals surface area contributed by atoms with Gasteiger partial charge in [0, 0.05) is 0 Å². The zero-order chi connectivity index (χ0) is 15.4. The molecular weight excluding hydrogens is 280 g/mol. The number of carbonyl (C=O) groups is 2. The number of anilines is 1. The maximum atomic E-state index is 11.8. The van der Waals surface area contributed by atoms with Gasteiger partial charge in [-0.05, 0) is 19.1 Å². The predicted molar refractivity (Wildman–Crippen MR) is 69.8 cm³/mol. The van der Waals surface area contributed by atoms with Crippen LogP contribution in [-0.2, 0) is 0 Å². The van der Waals surface area contributed by atoms with Gasteiger partial charge in [-0.25, -0.2) is 9.59 Å². The first kappa shape index (κ1) is 14.2. The Morgan fingerprint density at radius 2 is 2.14 bits per heavy atom. The minimum Gasteiger partial charge on any atom is -0.505 e. The van der Waals surface area contributed by atoms with Crippen molar-refractivity contribution in [1.82, 2.24) is 25.9 Å². The van der Waals surface area contributed by atoms with Crippen molar-refractivity contribution in [3.63, 3.8) is 0 Å². The molecule has 2 rings (SSSR count). The summed E-state index contributed by atoms with van der Waals surface area (Å²) in [6.07, 6.45) is 0. The van der Waals surface area contributed by atoms with Crippen molar-refractivity contribution < 1.29 is 19.8 Å². The number of aromatic hydroxyl groups is 1. The number of para-hydroxylation sites is 1. The van der Waals surface area contributed by atoms with E-state index in [1.54, 1.807) is 6.92 Å². The van der Waals surface area contributed by atoms with Crippen LogP contribution in [0.5, 0.6) is 5.75 Å². The van der Waals surface area contributed by atoms with Crippen LogP contribution in [0.15, 0.2) is 18.2 Å². The third-order valence-electron chi connectivity index (χ3n) is 2.61. The topological polar surface area (TPSA) is 153 Å². The molecule has 10 nitrogen and oxygen atoms in total. The van der Waals surface area contributed by atoms with Crippen molar-refractivity contribution in [3.05, 3.63) is 29.6 Å². The summed E-state index contributed by atoms with van der Waals surface area (Å²) in [7, 11) is 0. The highest BCUT2D eigenvalue weighted by atomic mass is 16.4. The highest BCUT2D eigenvalue weighted by Gasteiger charge is 2.17. The van der Waals surface area contributed by atoms with E-state index in [9.17, 15) is 14.7 Å². The summed E-state index contributed by atoms with van der Waals surface area (Å²) in [6, 6.07) is 2.84. The van der Waals surface area contributed by atoms with Crippen LogP contribution in [0.3, 0.4) is 0 Å². The van der Waals surface area contributed by atoms with E-state index in [0.717, 1.165) is 0 Å². The molecule has 0 saturated carbocycles. The smallest absolute Gasteiger partial charge is 0.339 e. The quantitative estimate of drug-likeness (QED) is 0.514. The lowest BCUT2D eigenvalue weighted by Gasteiger charge is -2.12. The predicted octanol–water partition coefficient (Wildman–Crippen LogP) is 0.486. The summed E-state index contributed by atoms with van der Waals surface area (Å²) in [5.74, 6) is -1.53. The molecule has 1 atom stereocenters. The van der Waals surface area contributed by atoms with Gasteiger partial charge in [0.05, 0.1) is 11.7 Å². The Morgan fingerprint density at radius 3 is 2.76 bits per heavy atom. The number of carbonyl (C=O) groups excluding carboxylic acids is 1. The van der Waals surface area contributed by atoms with Crippen LogP contribution in [0.25, 0.3) is 0 Å². The fourth-order valence-electron chi connectivity index (χ4n) is 1.59. The Morgan fingerprint density at radius 1 is 1.38 bits per heavy atom. The SMILES string of the molecule is CC(NC(=O)Nc1cccc(C(=O)O)c1O)c1nn[nH]n1. The summed E-state index contributed by atoms with van der Waals surface area (Å²) in [5.41, 5.74) is -0.327. The molecule has 0 bridgehead atoms. The first-order valence-corrected chi connectivity index (χ1v) is 5.85. The van der Waals surface area contributed by atoms with Crippen LogP contribution in [0.4, 0.5) is 10.5 Å². The number of benzene rings is 1. The second kappa shape index (κ2) is 5.86. The Labute approximate surface area is 118 Å². The number of carboxylic acid groups (broad SMARTS) is 1. The van der Waals surface area contributed by atoms with Crippen molar-refractivity contribution in [2.75, 3.05) is 5.32 Å². The molecule has 21 heavy (non-hydrogen) atoms. The number of amides is 2. The van der Waals surface area contributed by atoms with Gasteiger partial charge in [0.15, 0.2) is 11.6 Å². The van der Waals surface area contributed by atoms with Crippen LogP contribution in [-0.4, -0.2) is 42.8 Å². The molecule has 1 unspecified atom stereocenters. The van der Waals surface area contributed by atoms with Gasteiger partial charge in [-0.15, -0.1) is 10.2 Å². The Balaban J connectivity index is 2.06. The molecule has 1 aromatic carbocycles. The number of aromatic carboxylic acids is 1. The van der Waals surface area contributed by atoms with Gasteiger partial charge in [-0.3, -0.25) is 0 Å². The van der Waals surface area contributed by atoms with Crippen molar-refractivity contribution in [2.24, 2.45) is 0 Å². The van der Waals surface area contributed by atoms with Crippen LogP contribution < -0.4 is 10.6 Å². The summed E-state index contributed by atoms with van der Waals surface area (Å²) in [6.45, 7) is 1.64. The molecule has 0 spiro atoms. The monoisotopic (exact) mass is 292 g/mol. The van der Waals surface area contributed by atoms with Gasteiger partial charge < -0.3 is 20.8 Å². The molecule has 0 fully saturated rings. The number of nitrogens with one attached hydrogen (secondary N) is 3. The molecule has 110 valence electrons. The fraction of sp³-hybridized carbons (Fsp3) is 0.182. The minimum atomic E-state index is -1.29. The number of aromatic amines is 1. The number of hydrogen-bond donors (Lipinski definition) is 5. The average molecular weight is 292 g/mol. The second-order valence-electron chi connectivity index (χ2n) is 4.10. The molecule has 2 amide bonds. The van der Waals surface area contributed by atoms with Gasteiger partial charge in [0.1, 0.15) is 5.56 Å². The average Bonchev–Trinajstić information content (AvgIpc) is 2.94. The molecule has 0 aliphatic carbocycles. The van der Waals surface area contributed by atoms with Crippen molar-refractivity contribution in [1.29, 1.82) is 0 Å². The fourth-order valence-corrected chi connectivity index (χ4v) is 1.59. The number of rotatable bonds is 4. The Bertz CT molecular complexity index is 657. The molecule has 1 aromatic heterocycles. The lowest BCUT2D eigenvalue weighted by Crippen LogP contribution is -2.31. The van der Waals surface area contributed by atoms with E-state index >= 15 is 0 Å². The number of aromatic nitrogens is 4. The Kier molecular flexibility index (Phi) is 3.97. The summed E-state index contributed by atoms with van der Waals surface area (Å²) in [4.78, 5) is 22.7. The summed E-state index contributed by atoms with van der Waals surface area (Å²) < 4.78 is 0. The van der Waals surface area contributed by atoms with Gasteiger partial charge in [0.2, 0.25) is 0 Å². The third kappa shape index (κ3) is 3.23. The van der Waals surface area contributed by atoms with Crippen molar-refractivity contribution in [2.45, 2.75) is 13.0 Å². The Hall–Kier alpha value is -3.17. The number of H-pyrrole nitrogens is 1. The highest BCUT2D eigenvalue weighted by molar-refractivity contribution is 5.97.